The minimum atomic E-state index is 0.171. The lowest BCUT2D eigenvalue weighted by molar-refractivity contribution is -0.148. The van der Waals surface area contributed by atoms with Gasteiger partial charge in [0.15, 0.2) is 0 Å². The number of rotatable bonds is 2. The van der Waals surface area contributed by atoms with E-state index >= 15 is 0 Å². The molecule has 0 aromatic heterocycles. The van der Waals surface area contributed by atoms with E-state index in [1.807, 2.05) is 0 Å². The van der Waals surface area contributed by atoms with Crippen molar-refractivity contribution in [3.05, 3.63) is 0 Å². The zero-order chi connectivity index (χ0) is 13.0. The third-order valence-electron chi connectivity index (χ3n) is 5.21. The number of hydrogen-bond acceptors (Lipinski definition) is 3. The van der Waals surface area contributed by atoms with E-state index in [0.717, 1.165) is 19.7 Å². The summed E-state index contributed by atoms with van der Waals surface area (Å²) in [4.78, 5) is 5.25. The van der Waals surface area contributed by atoms with Gasteiger partial charge in [-0.25, -0.2) is 0 Å². The lowest BCUT2D eigenvalue weighted by Gasteiger charge is -2.54. The fourth-order valence-electron chi connectivity index (χ4n) is 3.98. The normalized spacial score (nSPS) is 35.5. The van der Waals surface area contributed by atoms with Crippen molar-refractivity contribution < 1.29 is 4.74 Å². The summed E-state index contributed by atoms with van der Waals surface area (Å²) < 4.78 is 6.17. The molecule has 0 aromatic rings. The minimum Gasteiger partial charge on any atom is -0.371 e. The molecule has 3 fully saturated rings. The standard InChI is InChI=1S/C15H28N2O/c1-12(2)17-10-15(11-17)13(5-8-18-15)16-7-6-14(3,4)9-16/h12-13H,5-11H2,1-4H3. The topological polar surface area (TPSA) is 15.7 Å². The molecule has 104 valence electrons. The summed E-state index contributed by atoms with van der Waals surface area (Å²) in [6.07, 6.45) is 2.58. The molecule has 0 amide bonds. The van der Waals surface area contributed by atoms with Crippen LogP contribution in [-0.4, -0.2) is 60.3 Å². The summed E-state index contributed by atoms with van der Waals surface area (Å²) in [6.45, 7) is 15.2. The highest BCUT2D eigenvalue weighted by atomic mass is 16.5. The maximum atomic E-state index is 6.17. The van der Waals surface area contributed by atoms with Crippen molar-refractivity contribution in [3.8, 4) is 0 Å². The van der Waals surface area contributed by atoms with Crippen LogP contribution in [0.25, 0.3) is 0 Å². The Kier molecular flexibility index (Phi) is 3.00. The molecule has 1 unspecified atom stereocenters. The van der Waals surface area contributed by atoms with Crippen molar-refractivity contribution in [1.29, 1.82) is 0 Å². The number of likely N-dealkylation sites (tertiary alicyclic amines) is 2. The van der Waals surface area contributed by atoms with Gasteiger partial charge in [0, 0.05) is 38.3 Å². The van der Waals surface area contributed by atoms with Gasteiger partial charge in [0.1, 0.15) is 5.60 Å². The lowest BCUT2D eigenvalue weighted by Crippen LogP contribution is -2.70. The Hall–Kier alpha value is -0.120. The second-order valence-corrected chi connectivity index (χ2v) is 7.60. The van der Waals surface area contributed by atoms with Crippen LogP contribution in [0.4, 0.5) is 0 Å². The van der Waals surface area contributed by atoms with Gasteiger partial charge in [0.2, 0.25) is 0 Å². The van der Waals surface area contributed by atoms with Crippen LogP contribution in [0.3, 0.4) is 0 Å². The first kappa shape index (κ1) is 12.9. The molecule has 18 heavy (non-hydrogen) atoms. The summed E-state index contributed by atoms with van der Waals surface area (Å²) >= 11 is 0. The van der Waals surface area contributed by atoms with Crippen molar-refractivity contribution >= 4 is 0 Å². The van der Waals surface area contributed by atoms with Crippen LogP contribution in [0, 0.1) is 5.41 Å². The average molecular weight is 252 g/mol. The highest BCUT2D eigenvalue weighted by Crippen LogP contribution is 2.42. The molecule has 0 aliphatic carbocycles. The van der Waals surface area contributed by atoms with E-state index in [-0.39, 0.29) is 5.60 Å². The van der Waals surface area contributed by atoms with Crippen molar-refractivity contribution in [2.45, 2.75) is 58.2 Å². The maximum Gasteiger partial charge on any atom is 0.109 e. The van der Waals surface area contributed by atoms with Gasteiger partial charge in [-0.2, -0.15) is 0 Å². The molecule has 3 aliphatic heterocycles. The molecule has 3 aliphatic rings. The molecule has 0 aromatic carbocycles. The van der Waals surface area contributed by atoms with Crippen LogP contribution in [0.5, 0.6) is 0 Å². The van der Waals surface area contributed by atoms with Crippen molar-refractivity contribution in [1.82, 2.24) is 9.80 Å². The van der Waals surface area contributed by atoms with E-state index in [1.165, 1.54) is 25.9 Å². The fourth-order valence-corrected chi connectivity index (χ4v) is 3.98. The lowest BCUT2D eigenvalue weighted by atomic mass is 9.84. The molecule has 3 rings (SSSR count). The Balaban J connectivity index is 1.66. The molecular weight excluding hydrogens is 224 g/mol. The van der Waals surface area contributed by atoms with Crippen molar-refractivity contribution in [2.24, 2.45) is 5.41 Å². The SMILES string of the molecule is CC(C)N1CC2(C1)OCCC2N1CCC(C)(C)C1. The van der Waals surface area contributed by atoms with E-state index in [4.69, 9.17) is 4.74 Å². The van der Waals surface area contributed by atoms with E-state index in [2.05, 4.69) is 37.5 Å². The van der Waals surface area contributed by atoms with Gasteiger partial charge in [0.25, 0.3) is 0 Å². The summed E-state index contributed by atoms with van der Waals surface area (Å²) in [5.41, 5.74) is 0.677. The van der Waals surface area contributed by atoms with E-state index in [0.29, 0.717) is 17.5 Å². The molecule has 3 heterocycles. The molecule has 3 saturated heterocycles. The predicted molar refractivity (Wildman–Crippen MR) is 73.8 cm³/mol. The van der Waals surface area contributed by atoms with E-state index < -0.39 is 0 Å². The average Bonchev–Trinajstić information content (AvgIpc) is 2.77. The second kappa shape index (κ2) is 4.19. The van der Waals surface area contributed by atoms with Crippen molar-refractivity contribution in [3.63, 3.8) is 0 Å². The molecule has 0 saturated carbocycles. The second-order valence-electron chi connectivity index (χ2n) is 7.60. The highest BCUT2D eigenvalue weighted by Gasteiger charge is 2.56. The van der Waals surface area contributed by atoms with Crippen LogP contribution in [0.15, 0.2) is 0 Å². The molecule has 1 spiro atoms. The Bertz CT molecular complexity index is 320. The first-order chi connectivity index (χ1) is 8.42. The molecular formula is C15H28N2O. The zero-order valence-corrected chi connectivity index (χ0v) is 12.4. The Morgan fingerprint density at radius 1 is 1.17 bits per heavy atom. The first-order valence-corrected chi connectivity index (χ1v) is 7.54. The largest absolute Gasteiger partial charge is 0.371 e. The van der Waals surface area contributed by atoms with Gasteiger partial charge in [-0.05, 0) is 38.6 Å². The molecule has 3 heteroatoms. The van der Waals surface area contributed by atoms with Crippen LogP contribution in [-0.2, 0) is 4.74 Å². The first-order valence-electron chi connectivity index (χ1n) is 7.54. The minimum absolute atomic E-state index is 0.171. The third kappa shape index (κ3) is 2.00. The molecule has 0 bridgehead atoms. The Morgan fingerprint density at radius 2 is 1.89 bits per heavy atom. The van der Waals surface area contributed by atoms with E-state index in [1.54, 1.807) is 0 Å². The van der Waals surface area contributed by atoms with Crippen molar-refractivity contribution in [2.75, 3.05) is 32.8 Å². The Labute approximate surface area is 111 Å². The smallest absolute Gasteiger partial charge is 0.109 e. The predicted octanol–water partition coefficient (Wildman–Crippen LogP) is 1.97. The van der Waals surface area contributed by atoms with Gasteiger partial charge in [-0.3, -0.25) is 9.80 Å². The summed E-state index contributed by atoms with van der Waals surface area (Å²) in [5, 5.41) is 0. The van der Waals surface area contributed by atoms with Gasteiger partial charge in [0.05, 0.1) is 0 Å². The molecule has 0 N–H and O–H groups in total. The molecule has 3 nitrogen and oxygen atoms in total. The van der Waals surface area contributed by atoms with Gasteiger partial charge in [-0.15, -0.1) is 0 Å². The zero-order valence-electron chi connectivity index (χ0n) is 12.4. The quantitative estimate of drug-likeness (QED) is 0.747. The third-order valence-corrected chi connectivity index (χ3v) is 5.21. The van der Waals surface area contributed by atoms with Gasteiger partial charge in [-0.1, -0.05) is 13.8 Å². The van der Waals surface area contributed by atoms with Crippen LogP contribution >= 0.6 is 0 Å². The van der Waals surface area contributed by atoms with Crippen LogP contribution < -0.4 is 0 Å². The molecule has 0 radical (unpaired) electrons. The highest BCUT2D eigenvalue weighted by molar-refractivity contribution is 5.10. The fraction of sp³-hybridized carbons (Fsp3) is 1.00. The summed E-state index contributed by atoms with van der Waals surface area (Å²) in [6, 6.07) is 1.34. The Morgan fingerprint density at radius 3 is 2.44 bits per heavy atom. The summed E-state index contributed by atoms with van der Waals surface area (Å²) in [5.74, 6) is 0. The van der Waals surface area contributed by atoms with Crippen LogP contribution in [0.1, 0.15) is 40.5 Å². The monoisotopic (exact) mass is 252 g/mol. The van der Waals surface area contributed by atoms with Gasteiger partial charge < -0.3 is 4.74 Å². The van der Waals surface area contributed by atoms with E-state index in [9.17, 15) is 0 Å². The number of nitrogens with zero attached hydrogens (tertiary/aromatic N) is 2. The summed E-state index contributed by atoms with van der Waals surface area (Å²) in [7, 11) is 0. The maximum absolute atomic E-state index is 6.17. The van der Waals surface area contributed by atoms with Gasteiger partial charge >= 0.3 is 0 Å². The number of ether oxygens (including phenoxy) is 1. The number of hydrogen-bond donors (Lipinski definition) is 0. The molecule has 1 atom stereocenters. The van der Waals surface area contributed by atoms with Crippen LogP contribution in [0.2, 0.25) is 0 Å².